The molecule has 5 heteroatoms. The first-order valence-electron chi connectivity index (χ1n) is 6.72. The van der Waals surface area contributed by atoms with Gasteiger partial charge in [0, 0.05) is 12.1 Å². The van der Waals surface area contributed by atoms with Gasteiger partial charge in [-0.2, -0.15) is 0 Å². The minimum atomic E-state index is 0.0286. The highest BCUT2D eigenvalue weighted by Crippen LogP contribution is 2.22. The summed E-state index contributed by atoms with van der Waals surface area (Å²) in [6.07, 6.45) is 4.01. The predicted octanol–water partition coefficient (Wildman–Crippen LogP) is 2.74. The monoisotopic (exact) mass is 281 g/mol. The van der Waals surface area contributed by atoms with E-state index >= 15 is 0 Å². The highest BCUT2D eigenvalue weighted by molar-refractivity contribution is 6.33. The molecule has 0 atom stereocenters. The van der Waals surface area contributed by atoms with Gasteiger partial charge in [0.1, 0.15) is 0 Å². The first-order chi connectivity index (χ1) is 9.15. The van der Waals surface area contributed by atoms with E-state index in [9.17, 15) is 4.79 Å². The lowest BCUT2D eigenvalue weighted by molar-refractivity contribution is -0.116. The molecule has 1 aromatic rings. The van der Waals surface area contributed by atoms with Gasteiger partial charge in [0.05, 0.1) is 10.7 Å². The fraction of sp³-hybridized carbons (Fsp3) is 0.500. The third kappa shape index (κ3) is 4.40. The Labute approximate surface area is 118 Å². The molecule has 2 rings (SSSR count). The Morgan fingerprint density at radius 2 is 2.11 bits per heavy atom. The number of nitrogen functional groups attached to an aromatic ring is 1. The first-order valence-corrected chi connectivity index (χ1v) is 7.10. The molecule has 1 saturated heterocycles. The summed E-state index contributed by atoms with van der Waals surface area (Å²) >= 11 is 5.83. The SMILES string of the molecule is Nc1cc(NC(=O)CCCN2CCCC2)ccc1Cl. The lowest BCUT2D eigenvalue weighted by Crippen LogP contribution is -2.22. The van der Waals surface area contributed by atoms with Crippen molar-refractivity contribution in [3.8, 4) is 0 Å². The molecule has 104 valence electrons. The Hall–Kier alpha value is -1.26. The number of nitrogens with two attached hydrogens (primary N) is 1. The van der Waals surface area contributed by atoms with Crippen LogP contribution in [0.4, 0.5) is 11.4 Å². The molecular formula is C14H20ClN3O. The molecule has 0 bridgehead atoms. The standard InChI is InChI=1S/C14H20ClN3O/c15-12-6-5-11(10-13(12)16)17-14(19)4-3-9-18-7-1-2-8-18/h5-6,10H,1-4,7-9,16H2,(H,17,19). The molecule has 3 N–H and O–H groups in total. The zero-order valence-corrected chi connectivity index (χ0v) is 11.7. The fourth-order valence-electron chi connectivity index (χ4n) is 2.31. The minimum Gasteiger partial charge on any atom is -0.397 e. The number of amides is 1. The van der Waals surface area contributed by atoms with E-state index in [1.54, 1.807) is 18.2 Å². The van der Waals surface area contributed by atoms with Crippen molar-refractivity contribution in [1.29, 1.82) is 0 Å². The Balaban J connectivity index is 1.72. The molecule has 1 aliphatic heterocycles. The summed E-state index contributed by atoms with van der Waals surface area (Å²) in [5.74, 6) is 0.0286. The van der Waals surface area contributed by atoms with Crippen molar-refractivity contribution in [1.82, 2.24) is 4.90 Å². The largest absolute Gasteiger partial charge is 0.397 e. The summed E-state index contributed by atoms with van der Waals surface area (Å²) in [6, 6.07) is 5.13. The second-order valence-electron chi connectivity index (χ2n) is 4.94. The second-order valence-corrected chi connectivity index (χ2v) is 5.34. The van der Waals surface area contributed by atoms with Gasteiger partial charge in [0.15, 0.2) is 0 Å². The number of likely N-dealkylation sites (tertiary alicyclic amines) is 1. The van der Waals surface area contributed by atoms with E-state index < -0.39 is 0 Å². The van der Waals surface area contributed by atoms with Gasteiger partial charge in [-0.05, 0) is 57.1 Å². The molecule has 1 aromatic carbocycles. The van der Waals surface area contributed by atoms with E-state index in [2.05, 4.69) is 10.2 Å². The first kappa shape index (κ1) is 14.2. The zero-order valence-electron chi connectivity index (χ0n) is 11.0. The van der Waals surface area contributed by atoms with Crippen molar-refractivity contribution < 1.29 is 4.79 Å². The van der Waals surface area contributed by atoms with Gasteiger partial charge in [0.2, 0.25) is 5.91 Å². The molecule has 1 amide bonds. The van der Waals surface area contributed by atoms with Crippen LogP contribution >= 0.6 is 11.6 Å². The van der Waals surface area contributed by atoms with Crippen LogP contribution in [0.5, 0.6) is 0 Å². The van der Waals surface area contributed by atoms with E-state index in [1.807, 2.05) is 0 Å². The Morgan fingerprint density at radius 3 is 2.79 bits per heavy atom. The van der Waals surface area contributed by atoms with Crippen molar-refractivity contribution in [2.75, 3.05) is 30.7 Å². The van der Waals surface area contributed by atoms with E-state index in [-0.39, 0.29) is 5.91 Å². The molecule has 19 heavy (non-hydrogen) atoms. The Bertz CT molecular complexity index is 444. The van der Waals surface area contributed by atoms with Crippen molar-refractivity contribution >= 4 is 28.9 Å². The summed E-state index contributed by atoms with van der Waals surface area (Å²) in [5, 5.41) is 3.35. The third-order valence-electron chi connectivity index (χ3n) is 3.36. The molecule has 0 aromatic heterocycles. The lowest BCUT2D eigenvalue weighted by atomic mass is 10.2. The molecule has 1 aliphatic rings. The van der Waals surface area contributed by atoms with E-state index in [4.69, 9.17) is 17.3 Å². The third-order valence-corrected chi connectivity index (χ3v) is 3.70. The molecule has 0 radical (unpaired) electrons. The van der Waals surface area contributed by atoms with E-state index in [1.165, 1.54) is 25.9 Å². The Kier molecular flexibility index (Phi) is 5.05. The number of benzene rings is 1. The van der Waals surface area contributed by atoms with E-state index in [0.29, 0.717) is 22.8 Å². The summed E-state index contributed by atoms with van der Waals surface area (Å²) in [5.41, 5.74) is 6.87. The topological polar surface area (TPSA) is 58.4 Å². The summed E-state index contributed by atoms with van der Waals surface area (Å²) in [4.78, 5) is 14.2. The molecule has 0 spiro atoms. The molecule has 0 saturated carbocycles. The molecule has 4 nitrogen and oxygen atoms in total. The zero-order chi connectivity index (χ0) is 13.7. The van der Waals surface area contributed by atoms with Crippen LogP contribution in [0.15, 0.2) is 18.2 Å². The van der Waals surface area contributed by atoms with Gasteiger partial charge in [-0.25, -0.2) is 0 Å². The van der Waals surface area contributed by atoms with Gasteiger partial charge in [0.25, 0.3) is 0 Å². The number of carbonyl (C=O) groups is 1. The lowest BCUT2D eigenvalue weighted by Gasteiger charge is -2.13. The van der Waals surface area contributed by atoms with E-state index in [0.717, 1.165) is 13.0 Å². The van der Waals surface area contributed by atoms with Gasteiger partial charge in [-0.15, -0.1) is 0 Å². The number of halogens is 1. The van der Waals surface area contributed by atoms with Gasteiger partial charge in [-0.3, -0.25) is 4.79 Å². The quantitative estimate of drug-likeness (QED) is 0.816. The number of hydrogen-bond donors (Lipinski definition) is 2. The molecule has 0 unspecified atom stereocenters. The summed E-state index contributed by atoms with van der Waals surface area (Å²) in [7, 11) is 0. The highest BCUT2D eigenvalue weighted by Gasteiger charge is 2.11. The van der Waals surface area contributed by atoms with Crippen LogP contribution in [-0.2, 0) is 4.79 Å². The maximum Gasteiger partial charge on any atom is 0.224 e. The molecule has 1 heterocycles. The van der Waals surface area contributed by atoms with Crippen LogP contribution in [0.1, 0.15) is 25.7 Å². The smallest absolute Gasteiger partial charge is 0.224 e. The maximum atomic E-state index is 11.8. The highest BCUT2D eigenvalue weighted by atomic mass is 35.5. The molecular weight excluding hydrogens is 262 g/mol. The predicted molar refractivity (Wildman–Crippen MR) is 79.4 cm³/mol. The Morgan fingerprint density at radius 1 is 1.37 bits per heavy atom. The van der Waals surface area contributed by atoms with Crippen molar-refractivity contribution in [3.05, 3.63) is 23.2 Å². The van der Waals surface area contributed by atoms with Crippen LogP contribution in [0.2, 0.25) is 5.02 Å². The minimum absolute atomic E-state index is 0.0286. The van der Waals surface area contributed by atoms with Gasteiger partial charge >= 0.3 is 0 Å². The fourth-order valence-corrected chi connectivity index (χ4v) is 2.43. The normalized spacial score (nSPS) is 15.6. The average molecular weight is 282 g/mol. The van der Waals surface area contributed by atoms with Crippen molar-refractivity contribution in [2.24, 2.45) is 0 Å². The summed E-state index contributed by atoms with van der Waals surface area (Å²) < 4.78 is 0. The summed E-state index contributed by atoms with van der Waals surface area (Å²) in [6.45, 7) is 3.36. The number of nitrogens with zero attached hydrogens (tertiary/aromatic N) is 1. The van der Waals surface area contributed by atoms with Crippen LogP contribution in [-0.4, -0.2) is 30.4 Å². The number of carbonyl (C=O) groups excluding carboxylic acids is 1. The van der Waals surface area contributed by atoms with Crippen LogP contribution in [0, 0.1) is 0 Å². The van der Waals surface area contributed by atoms with Crippen LogP contribution < -0.4 is 11.1 Å². The number of anilines is 2. The van der Waals surface area contributed by atoms with Gasteiger partial charge < -0.3 is 16.0 Å². The number of nitrogens with one attached hydrogen (secondary N) is 1. The maximum absolute atomic E-state index is 11.8. The van der Waals surface area contributed by atoms with Gasteiger partial charge in [-0.1, -0.05) is 11.6 Å². The molecule has 1 fully saturated rings. The van der Waals surface area contributed by atoms with Crippen LogP contribution in [0.25, 0.3) is 0 Å². The second kappa shape index (κ2) is 6.78. The molecule has 0 aliphatic carbocycles. The van der Waals surface area contributed by atoms with Crippen molar-refractivity contribution in [2.45, 2.75) is 25.7 Å². The van der Waals surface area contributed by atoms with Crippen LogP contribution in [0.3, 0.4) is 0 Å². The average Bonchev–Trinajstić information content (AvgIpc) is 2.87. The number of hydrogen-bond acceptors (Lipinski definition) is 3. The van der Waals surface area contributed by atoms with Crippen molar-refractivity contribution in [3.63, 3.8) is 0 Å². The number of rotatable bonds is 5.